The van der Waals surface area contributed by atoms with Gasteiger partial charge in [0.05, 0.1) is 16.1 Å². The van der Waals surface area contributed by atoms with Crippen molar-refractivity contribution in [3.05, 3.63) is 59.6 Å². The number of hydrogen-bond acceptors (Lipinski definition) is 4. The van der Waals surface area contributed by atoms with Crippen LogP contribution in [0.25, 0.3) is 16.3 Å². The van der Waals surface area contributed by atoms with Crippen LogP contribution >= 0.6 is 11.3 Å². The first kappa shape index (κ1) is 17.4. The highest BCUT2D eigenvalue weighted by Gasteiger charge is 2.26. The molecule has 1 amide bonds. The molecular weight excluding hydrogens is 332 g/mol. The molecule has 3 aromatic rings. The second-order valence-electron chi connectivity index (χ2n) is 6.64. The molecular formula is C19H22N4OS. The molecule has 0 aliphatic rings. The lowest BCUT2D eigenvalue weighted by molar-refractivity contribution is -0.134. The number of benzene rings is 1. The van der Waals surface area contributed by atoms with Gasteiger partial charge in [-0.1, -0.05) is 24.3 Å². The van der Waals surface area contributed by atoms with Crippen LogP contribution in [-0.2, 0) is 11.3 Å². The highest BCUT2D eigenvalue weighted by molar-refractivity contribution is 7.13. The second kappa shape index (κ2) is 6.82. The molecule has 0 bridgehead atoms. The lowest BCUT2D eigenvalue weighted by Gasteiger charge is -2.25. The monoisotopic (exact) mass is 354 g/mol. The molecule has 0 aliphatic heterocycles. The number of nitrogens with zero attached hydrogens (tertiary/aromatic N) is 3. The maximum Gasteiger partial charge on any atom is 0.242 e. The van der Waals surface area contributed by atoms with Gasteiger partial charge >= 0.3 is 0 Å². The van der Waals surface area contributed by atoms with E-state index in [0.29, 0.717) is 6.54 Å². The van der Waals surface area contributed by atoms with Crippen molar-refractivity contribution in [2.45, 2.75) is 25.9 Å². The number of amides is 1. The summed E-state index contributed by atoms with van der Waals surface area (Å²) in [4.78, 5) is 15.2. The number of aromatic nitrogens is 2. The van der Waals surface area contributed by atoms with Crippen LogP contribution in [0.5, 0.6) is 0 Å². The zero-order valence-electron chi connectivity index (χ0n) is 14.6. The Labute approximate surface area is 151 Å². The van der Waals surface area contributed by atoms with Crippen molar-refractivity contribution in [1.82, 2.24) is 14.7 Å². The van der Waals surface area contributed by atoms with E-state index in [1.807, 2.05) is 58.7 Å². The normalized spacial score (nSPS) is 11.5. The molecule has 6 heteroatoms. The molecule has 2 N–H and O–H groups in total. The van der Waals surface area contributed by atoms with Crippen molar-refractivity contribution in [2.75, 3.05) is 7.05 Å². The number of likely N-dealkylation sites (N-methyl/N-ethyl adjacent to an activating group) is 1. The quantitative estimate of drug-likeness (QED) is 0.765. The first-order chi connectivity index (χ1) is 11.9. The van der Waals surface area contributed by atoms with Gasteiger partial charge < -0.3 is 10.6 Å². The van der Waals surface area contributed by atoms with Crippen LogP contribution in [0.15, 0.2) is 54.0 Å². The first-order valence-corrected chi connectivity index (χ1v) is 8.96. The largest absolute Gasteiger partial charge is 0.340 e. The molecule has 130 valence electrons. The number of carbonyl (C=O) groups is 1. The fourth-order valence-corrected chi connectivity index (χ4v) is 3.42. The van der Waals surface area contributed by atoms with E-state index in [1.54, 1.807) is 37.1 Å². The summed E-state index contributed by atoms with van der Waals surface area (Å²) in [5, 5.41) is 6.78. The summed E-state index contributed by atoms with van der Waals surface area (Å²) in [7, 11) is 1.77. The molecule has 0 spiro atoms. The van der Waals surface area contributed by atoms with Gasteiger partial charge in [0.25, 0.3) is 0 Å². The molecule has 0 atom stereocenters. The van der Waals surface area contributed by atoms with Gasteiger partial charge in [-0.15, -0.1) is 11.3 Å². The predicted molar refractivity (Wildman–Crippen MR) is 102 cm³/mol. The molecule has 3 rings (SSSR count). The van der Waals surface area contributed by atoms with Crippen LogP contribution in [0.3, 0.4) is 0 Å². The van der Waals surface area contributed by atoms with Crippen molar-refractivity contribution >= 4 is 17.2 Å². The summed E-state index contributed by atoms with van der Waals surface area (Å²) in [6, 6.07) is 14.0. The smallest absolute Gasteiger partial charge is 0.242 e. The van der Waals surface area contributed by atoms with E-state index in [2.05, 4.69) is 0 Å². The number of thiophene rings is 1. The van der Waals surface area contributed by atoms with Gasteiger partial charge in [0.1, 0.15) is 5.69 Å². The topological polar surface area (TPSA) is 64.2 Å². The molecule has 2 heterocycles. The van der Waals surface area contributed by atoms with Crippen molar-refractivity contribution in [2.24, 2.45) is 5.73 Å². The van der Waals surface area contributed by atoms with Crippen LogP contribution in [0.2, 0.25) is 0 Å². The van der Waals surface area contributed by atoms with Crippen LogP contribution < -0.4 is 5.73 Å². The van der Waals surface area contributed by atoms with E-state index < -0.39 is 5.54 Å². The summed E-state index contributed by atoms with van der Waals surface area (Å²) in [6.07, 6.45) is 1.98. The van der Waals surface area contributed by atoms with Crippen molar-refractivity contribution < 1.29 is 4.79 Å². The highest BCUT2D eigenvalue weighted by Crippen LogP contribution is 2.28. The Morgan fingerprint density at radius 3 is 2.56 bits per heavy atom. The average Bonchev–Trinajstić information content (AvgIpc) is 3.23. The number of carbonyl (C=O) groups excluding carboxylic acids is 1. The molecule has 2 aromatic heterocycles. The van der Waals surface area contributed by atoms with Crippen molar-refractivity contribution in [3.8, 4) is 16.3 Å². The average molecular weight is 354 g/mol. The van der Waals surface area contributed by atoms with Gasteiger partial charge in [0, 0.05) is 25.4 Å². The van der Waals surface area contributed by atoms with Crippen molar-refractivity contribution in [1.29, 1.82) is 0 Å². The minimum Gasteiger partial charge on any atom is -0.340 e. The number of rotatable bonds is 5. The van der Waals surface area contributed by atoms with E-state index in [0.717, 1.165) is 21.8 Å². The van der Waals surface area contributed by atoms with Crippen LogP contribution in [-0.4, -0.2) is 33.2 Å². The van der Waals surface area contributed by atoms with E-state index >= 15 is 0 Å². The lowest BCUT2D eigenvalue weighted by atomic mass is 10.1. The van der Waals surface area contributed by atoms with Gasteiger partial charge in [-0.3, -0.25) is 4.79 Å². The molecule has 1 aromatic carbocycles. The first-order valence-electron chi connectivity index (χ1n) is 8.08. The summed E-state index contributed by atoms with van der Waals surface area (Å²) >= 11 is 1.64. The standard InChI is InChI=1S/C19H22N4OS/c1-19(2,20)18(24)22(3)12-14-13-23(15-8-5-4-6-9-15)21-17(14)16-10-7-11-25-16/h4-11,13H,12,20H2,1-3H3. The Morgan fingerprint density at radius 2 is 1.96 bits per heavy atom. The van der Waals surface area contributed by atoms with Gasteiger partial charge in [-0.25, -0.2) is 4.68 Å². The van der Waals surface area contributed by atoms with Crippen LogP contribution in [0.4, 0.5) is 0 Å². The molecule has 0 saturated carbocycles. The number of para-hydroxylation sites is 1. The van der Waals surface area contributed by atoms with Gasteiger partial charge in [0.2, 0.25) is 5.91 Å². The molecule has 5 nitrogen and oxygen atoms in total. The summed E-state index contributed by atoms with van der Waals surface area (Å²) in [5.74, 6) is -0.0999. The lowest BCUT2D eigenvalue weighted by Crippen LogP contribution is -2.49. The molecule has 0 fully saturated rings. The van der Waals surface area contributed by atoms with Crippen LogP contribution in [0, 0.1) is 0 Å². The Kier molecular flexibility index (Phi) is 4.74. The minimum absolute atomic E-state index is 0.0999. The fourth-order valence-electron chi connectivity index (χ4n) is 2.68. The molecule has 0 radical (unpaired) electrons. The maximum absolute atomic E-state index is 12.4. The molecule has 0 aliphatic carbocycles. The summed E-state index contributed by atoms with van der Waals surface area (Å²) in [6.45, 7) is 3.90. The Morgan fingerprint density at radius 1 is 1.24 bits per heavy atom. The predicted octanol–water partition coefficient (Wildman–Crippen LogP) is 3.30. The summed E-state index contributed by atoms with van der Waals surface area (Å²) in [5.41, 5.74) is 7.93. The van der Waals surface area contributed by atoms with Crippen LogP contribution in [0.1, 0.15) is 19.4 Å². The Hall–Kier alpha value is -2.44. The summed E-state index contributed by atoms with van der Waals surface area (Å²) < 4.78 is 1.86. The Bertz CT molecular complexity index is 847. The fraction of sp³-hybridized carbons (Fsp3) is 0.263. The minimum atomic E-state index is -0.896. The highest BCUT2D eigenvalue weighted by atomic mass is 32.1. The molecule has 0 unspecified atom stereocenters. The molecule has 0 saturated heterocycles. The van der Waals surface area contributed by atoms with E-state index in [4.69, 9.17) is 10.8 Å². The molecule has 25 heavy (non-hydrogen) atoms. The number of nitrogens with two attached hydrogens (primary N) is 1. The zero-order chi connectivity index (χ0) is 18.0. The maximum atomic E-state index is 12.4. The van der Waals surface area contributed by atoms with E-state index in [9.17, 15) is 4.79 Å². The second-order valence-corrected chi connectivity index (χ2v) is 7.59. The van der Waals surface area contributed by atoms with Gasteiger partial charge in [0.15, 0.2) is 0 Å². The van der Waals surface area contributed by atoms with E-state index in [1.165, 1.54) is 0 Å². The third-order valence-electron chi connectivity index (χ3n) is 3.87. The van der Waals surface area contributed by atoms with Gasteiger partial charge in [-0.05, 0) is 37.4 Å². The van der Waals surface area contributed by atoms with E-state index in [-0.39, 0.29) is 5.91 Å². The van der Waals surface area contributed by atoms with Gasteiger partial charge in [-0.2, -0.15) is 5.10 Å². The van der Waals surface area contributed by atoms with Crippen molar-refractivity contribution in [3.63, 3.8) is 0 Å². The Balaban J connectivity index is 1.97. The third-order valence-corrected chi connectivity index (χ3v) is 4.75. The zero-order valence-corrected chi connectivity index (χ0v) is 15.5. The third kappa shape index (κ3) is 3.81. The SMILES string of the molecule is CN(Cc1cn(-c2ccccc2)nc1-c1cccs1)C(=O)C(C)(C)N. The number of hydrogen-bond donors (Lipinski definition) is 1.